The van der Waals surface area contributed by atoms with Crippen LogP contribution in [0.5, 0.6) is 0 Å². The summed E-state index contributed by atoms with van der Waals surface area (Å²) in [7, 11) is 0. The van der Waals surface area contributed by atoms with Crippen molar-refractivity contribution in [2.45, 2.75) is 13.5 Å². The quantitative estimate of drug-likeness (QED) is 0.800. The Kier molecular flexibility index (Phi) is 4.01. The van der Waals surface area contributed by atoms with Gasteiger partial charge in [-0.2, -0.15) is 0 Å². The Balaban J connectivity index is 1.81. The summed E-state index contributed by atoms with van der Waals surface area (Å²) in [6.07, 6.45) is 1.94. The van der Waals surface area contributed by atoms with Gasteiger partial charge in [-0.3, -0.25) is 10.1 Å². The minimum absolute atomic E-state index is 0.152. The van der Waals surface area contributed by atoms with E-state index in [2.05, 4.69) is 22.4 Å². The lowest BCUT2D eigenvalue weighted by molar-refractivity contribution is 0.102. The normalized spacial score (nSPS) is 10.4. The number of nitrogens with zero attached hydrogens (tertiary/aromatic N) is 2. The van der Waals surface area contributed by atoms with Gasteiger partial charge in [0.25, 0.3) is 5.91 Å². The van der Waals surface area contributed by atoms with Crippen LogP contribution in [0.1, 0.15) is 21.6 Å². The largest absolute Gasteiger partial charge is 0.312 e. The van der Waals surface area contributed by atoms with E-state index in [-0.39, 0.29) is 5.91 Å². The number of benzene rings is 2. The highest BCUT2D eigenvalue weighted by molar-refractivity contribution is 6.03. The van der Waals surface area contributed by atoms with Crippen molar-refractivity contribution in [1.29, 1.82) is 0 Å². The molecule has 0 aliphatic rings. The molecule has 1 aromatic heterocycles. The fourth-order valence-electron chi connectivity index (χ4n) is 2.31. The van der Waals surface area contributed by atoms with E-state index in [0.717, 1.165) is 11.3 Å². The molecule has 3 aromatic rings. The molecule has 1 amide bonds. The Morgan fingerprint density at radius 1 is 1.05 bits per heavy atom. The number of nitrogens with one attached hydrogen (secondary N) is 1. The molecular formula is C18H17N3O. The number of hydrogen-bond donors (Lipinski definition) is 1. The molecule has 0 spiro atoms. The number of carbonyl (C=O) groups excluding carboxylic acids is 1. The number of carbonyl (C=O) groups is 1. The molecule has 0 bridgehead atoms. The molecule has 0 aliphatic carbocycles. The van der Waals surface area contributed by atoms with E-state index >= 15 is 0 Å². The fourth-order valence-corrected chi connectivity index (χ4v) is 2.31. The van der Waals surface area contributed by atoms with Crippen LogP contribution in [0, 0.1) is 6.92 Å². The van der Waals surface area contributed by atoms with Crippen molar-refractivity contribution in [2.24, 2.45) is 0 Å². The predicted molar refractivity (Wildman–Crippen MR) is 86.9 cm³/mol. The van der Waals surface area contributed by atoms with Crippen LogP contribution in [-0.4, -0.2) is 15.5 Å². The van der Waals surface area contributed by atoms with Crippen molar-refractivity contribution < 1.29 is 4.79 Å². The highest BCUT2D eigenvalue weighted by atomic mass is 16.1. The number of rotatable bonds is 4. The second-order valence-corrected chi connectivity index (χ2v) is 5.14. The molecule has 0 unspecified atom stereocenters. The van der Waals surface area contributed by atoms with E-state index in [4.69, 9.17) is 0 Å². The molecule has 4 heteroatoms. The SMILES string of the molecule is Cc1cn(Cc2ccccc2)c(NC(=O)c2ccccc2)n1. The molecule has 1 N–H and O–H groups in total. The van der Waals surface area contributed by atoms with Crippen molar-refractivity contribution >= 4 is 11.9 Å². The molecule has 1 heterocycles. The van der Waals surface area contributed by atoms with Crippen LogP contribution < -0.4 is 5.32 Å². The Bertz CT molecular complexity index is 764. The Morgan fingerprint density at radius 2 is 1.68 bits per heavy atom. The second-order valence-electron chi connectivity index (χ2n) is 5.14. The summed E-state index contributed by atoms with van der Waals surface area (Å²) in [6.45, 7) is 2.59. The minimum Gasteiger partial charge on any atom is -0.312 e. The first-order valence-corrected chi connectivity index (χ1v) is 7.16. The summed E-state index contributed by atoms with van der Waals surface area (Å²) < 4.78 is 1.95. The molecule has 22 heavy (non-hydrogen) atoms. The molecule has 110 valence electrons. The topological polar surface area (TPSA) is 46.9 Å². The lowest BCUT2D eigenvalue weighted by Crippen LogP contribution is -2.16. The van der Waals surface area contributed by atoms with Gasteiger partial charge in [-0.1, -0.05) is 48.5 Å². The van der Waals surface area contributed by atoms with Crippen LogP contribution in [0.15, 0.2) is 66.9 Å². The Labute approximate surface area is 129 Å². The molecule has 2 aromatic carbocycles. The maximum Gasteiger partial charge on any atom is 0.257 e. The molecule has 0 radical (unpaired) electrons. The van der Waals surface area contributed by atoms with Gasteiger partial charge in [-0.25, -0.2) is 4.98 Å². The number of imidazole rings is 1. The minimum atomic E-state index is -0.152. The van der Waals surface area contributed by atoms with E-state index in [0.29, 0.717) is 18.1 Å². The molecule has 0 saturated carbocycles. The molecule has 4 nitrogen and oxygen atoms in total. The number of amides is 1. The standard InChI is InChI=1S/C18H17N3O/c1-14-12-21(13-15-8-4-2-5-9-15)18(19-14)20-17(22)16-10-6-3-7-11-16/h2-12H,13H2,1H3,(H,19,20,22). The van der Waals surface area contributed by atoms with Gasteiger partial charge in [0, 0.05) is 11.8 Å². The van der Waals surface area contributed by atoms with Gasteiger partial charge >= 0.3 is 0 Å². The van der Waals surface area contributed by atoms with Crippen molar-refractivity contribution in [1.82, 2.24) is 9.55 Å². The summed E-state index contributed by atoms with van der Waals surface area (Å²) in [5, 5.41) is 2.88. The molecular weight excluding hydrogens is 274 g/mol. The number of aromatic nitrogens is 2. The molecule has 0 atom stereocenters. The third kappa shape index (κ3) is 3.23. The van der Waals surface area contributed by atoms with Gasteiger partial charge in [-0.05, 0) is 24.6 Å². The van der Waals surface area contributed by atoms with Gasteiger partial charge in [0.2, 0.25) is 5.95 Å². The monoisotopic (exact) mass is 291 g/mol. The highest BCUT2D eigenvalue weighted by Crippen LogP contribution is 2.13. The zero-order chi connectivity index (χ0) is 15.4. The van der Waals surface area contributed by atoms with Crippen molar-refractivity contribution in [2.75, 3.05) is 5.32 Å². The molecule has 0 saturated heterocycles. The Hall–Kier alpha value is -2.88. The maximum atomic E-state index is 12.3. The van der Waals surface area contributed by atoms with E-state index in [9.17, 15) is 4.79 Å². The van der Waals surface area contributed by atoms with E-state index in [1.54, 1.807) is 12.1 Å². The summed E-state index contributed by atoms with van der Waals surface area (Å²) in [5.41, 5.74) is 2.66. The van der Waals surface area contributed by atoms with E-state index in [1.165, 1.54) is 0 Å². The van der Waals surface area contributed by atoms with E-state index in [1.807, 2.05) is 54.1 Å². The fraction of sp³-hybridized carbons (Fsp3) is 0.111. The van der Waals surface area contributed by atoms with Crippen LogP contribution in [0.25, 0.3) is 0 Å². The van der Waals surface area contributed by atoms with Crippen molar-refractivity contribution in [3.05, 3.63) is 83.7 Å². The predicted octanol–water partition coefficient (Wildman–Crippen LogP) is 3.49. The lowest BCUT2D eigenvalue weighted by Gasteiger charge is -2.09. The number of aryl methyl sites for hydroxylation is 1. The van der Waals surface area contributed by atoms with Gasteiger partial charge in [-0.15, -0.1) is 0 Å². The smallest absolute Gasteiger partial charge is 0.257 e. The third-order valence-corrected chi connectivity index (χ3v) is 3.35. The van der Waals surface area contributed by atoms with Crippen LogP contribution in [0.2, 0.25) is 0 Å². The average Bonchev–Trinajstić information content (AvgIpc) is 2.88. The third-order valence-electron chi connectivity index (χ3n) is 3.35. The molecule has 0 aliphatic heterocycles. The van der Waals surface area contributed by atoms with Gasteiger partial charge in [0.15, 0.2) is 0 Å². The van der Waals surface area contributed by atoms with Crippen molar-refractivity contribution in [3.8, 4) is 0 Å². The van der Waals surface area contributed by atoms with Crippen molar-refractivity contribution in [3.63, 3.8) is 0 Å². The van der Waals surface area contributed by atoms with Crippen LogP contribution >= 0.6 is 0 Å². The Morgan fingerprint density at radius 3 is 2.36 bits per heavy atom. The summed E-state index contributed by atoms with van der Waals surface area (Å²) >= 11 is 0. The number of anilines is 1. The summed E-state index contributed by atoms with van der Waals surface area (Å²) in [4.78, 5) is 16.7. The van der Waals surface area contributed by atoms with Gasteiger partial charge in [0.05, 0.1) is 12.2 Å². The first kappa shape index (κ1) is 14.1. The summed E-state index contributed by atoms with van der Waals surface area (Å²) in [6, 6.07) is 19.2. The first-order valence-electron chi connectivity index (χ1n) is 7.16. The molecule has 3 rings (SSSR count). The zero-order valence-corrected chi connectivity index (χ0v) is 12.4. The van der Waals surface area contributed by atoms with E-state index < -0.39 is 0 Å². The average molecular weight is 291 g/mol. The van der Waals surface area contributed by atoms with Crippen LogP contribution in [-0.2, 0) is 6.54 Å². The highest BCUT2D eigenvalue weighted by Gasteiger charge is 2.11. The van der Waals surface area contributed by atoms with Crippen LogP contribution in [0.4, 0.5) is 5.95 Å². The van der Waals surface area contributed by atoms with Gasteiger partial charge in [0.1, 0.15) is 0 Å². The summed E-state index contributed by atoms with van der Waals surface area (Å²) in [5.74, 6) is 0.413. The second kappa shape index (κ2) is 6.26. The number of hydrogen-bond acceptors (Lipinski definition) is 2. The zero-order valence-electron chi connectivity index (χ0n) is 12.4. The maximum absolute atomic E-state index is 12.3. The first-order chi connectivity index (χ1) is 10.7. The lowest BCUT2D eigenvalue weighted by atomic mass is 10.2. The van der Waals surface area contributed by atoms with Gasteiger partial charge < -0.3 is 4.57 Å². The molecule has 0 fully saturated rings. The van der Waals surface area contributed by atoms with Crippen LogP contribution in [0.3, 0.4) is 0 Å².